The zero-order chi connectivity index (χ0) is 14.5. The SMILES string of the molecule is O=C(NCCc1ccc2c(c1)OCCCO2)C1CCCO1. The summed E-state index contributed by atoms with van der Waals surface area (Å²) in [4.78, 5) is 11.8. The first-order valence-electron chi connectivity index (χ1n) is 7.61. The second kappa shape index (κ2) is 6.80. The number of carbonyl (C=O) groups is 1. The van der Waals surface area contributed by atoms with E-state index in [1.807, 2.05) is 18.2 Å². The van der Waals surface area contributed by atoms with Gasteiger partial charge in [0.1, 0.15) is 6.10 Å². The van der Waals surface area contributed by atoms with Crippen molar-refractivity contribution in [3.63, 3.8) is 0 Å². The van der Waals surface area contributed by atoms with Gasteiger partial charge in [-0.25, -0.2) is 0 Å². The number of hydrogen-bond acceptors (Lipinski definition) is 4. The van der Waals surface area contributed by atoms with E-state index in [0.29, 0.717) is 26.4 Å². The molecule has 3 rings (SSSR count). The van der Waals surface area contributed by atoms with Gasteiger partial charge >= 0.3 is 0 Å². The summed E-state index contributed by atoms with van der Waals surface area (Å²) in [7, 11) is 0. The van der Waals surface area contributed by atoms with Crippen LogP contribution in [0.1, 0.15) is 24.8 Å². The van der Waals surface area contributed by atoms with E-state index in [0.717, 1.165) is 42.7 Å². The van der Waals surface area contributed by atoms with E-state index in [1.54, 1.807) is 0 Å². The molecule has 2 heterocycles. The lowest BCUT2D eigenvalue weighted by Gasteiger charge is -2.12. The van der Waals surface area contributed by atoms with Gasteiger partial charge in [-0.2, -0.15) is 0 Å². The van der Waals surface area contributed by atoms with Crippen molar-refractivity contribution in [1.82, 2.24) is 5.32 Å². The lowest BCUT2D eigenvalue weighted by molar-refractivity contribution is -0.129. The Kier molecular flexibility index (Phi) is 4.60. The average Bonchev–Trinajstić information content (AvgIpc) is 2.93. The van der Waals surface area contributed by atoms with Crippen LogP contribution in [0.2, 0.25) is 0 Å². The Balaban J connectivity index is 1.51. The lowest BCUT2D eigenvalue weighted by atomic mass is 10.1. The molecule has 1 N–H and O–H groups in total. The minimum absolute atomic E-state index is 0.00171. The standard InChI is InChI=1S/C16H21NO4/c18-16(14-3-1-8-20-14)17-7-6-12-4-5-13-15(11-12)21-10-2-9-19-13/h4-5,11,14H,1-3,6-10H2,(H,17,18). The van der Waals surface area contributed by atoms with E-state index in [2.05, 4.69) is 5.32 Å². The molecule has 114 valence electrons. The maximum Gasteiger partial charge on any atom is 0.249 e. The molecule has 5 nitrogen and oxygen atoms in total. The number of fused-ring (bicyclic) bond motifs is 1. The summed E-state index contributed by atoms with van der Waals surface area (Å²) in [5, 5.41) is 2.93. The Morgan fingerprint density at radius 1 is 1.14 bits per heavy atom. The van der Waals surface area contributed by atoms with Crippen molar-refractivity contribution < 1.29 is 19.0 Å². The molecule has 2 aliphatic rings. The smallest absolute Gasteiger partial charge is 0.249 e. The summed E-state index contributed by atoms with van der Waals surface area (Å²) < 4.78 is 16.6. The largest absolute Gasteiger partial charge is 0.490 e. The molecule has 0 aromatic heterocycles. The molecule has 2 aliphatic heterocycles. The Morgan fingerprint density at radius 2 is 2.00 bits per heavy atom. The third-order valence-electron chi connectivity index (χ3n) is 3.75. The molecule has 1 amide bonds. The predicted octanol–water partition coefficient (Wildman–Crippen LogP) is 1.69. The molecule has 1 aromatic rings. The van der Waals surface area contributed by atoms with Crippen molar-refractivity contribution >= 4 is 5.91 Å². The first-order chi connectivity index (χ1) is 10.3. The Hall–Kier alpha value is -1.75. The third kappa shape index (κ3) is 3.67. The number of nitrogens with one attached hydrogen (secondary N) is 1. The van der Waals surface area contributed by atoms with E-state index in [1.165, 1.54) is 0 Å². The van der Waals surface area contributed by atoms with Gasteiger partial charge in [0, 0.05) is 19.6 Å². The molecule has 1 aromatic carbocycles. The Labute approximate surface area is 124 Å². The molecular formula is C16H21NO4. The second-order valence-electron chi connectivity index (χ2n) is 5.37. The lowest BCUT2D eigenvalue weighted by Crippen LogP contribution is -2.35. The van der Waals surface area contributed by atoms with Crippen LogP contribution in [0.5, 0.6) is 11.5 Å². The van der Waals surface area contributed by atoms with E-state index < -0.39 is 0 Å². The molecule has 0 aliphatic carbocycles. The molecule has 21 heavy (non-hydrogen) atoms. The van der Waals surface area contributed by atoms with Crippen LogP contribution in [0.3, 0.4) is 0 Å². The van der Waals surface area contributed by atoms with Crippen LogP contribution in [-0.2, 0) is 16.0 Å². The maximum absolute atomic E-state index is 11.8. The quantitative estimate of drug-likeness (QED) is 0.917. The van der Waals surface area contributed by atoms with Crippen molar-refractivity contribution in [2.45, 2.75) is 31.8 Å². The molecule has 0 radical (unpaired) electrons. The van der Waals surface area contributed by atoms with Crippen molar-refractivity contribution in [3.05, 3.63) is 23.8 Å². The molecular weight excluding hydrogens is 270 g/mol. The van der Waals surface area contributed by atoms with Crippen LogP contribution >= 0.6 is 0 Å². The number of hydrogen-bond donors (Lipinski definition) is 1. The summed E-state index contributed by atoms with van der Waals surface area (Å²) in [5.74, 6) is 1.61. The minimum atomic E-state index is -0.256. The normalized spacial score (nSPS) is 20.9. The summed E-state index contributed by atoms with van der Waals surface area (Å²) in [6.45, 7) is 2.69. The van der Waals surface area contributed by atoms with E-state index >= 15 is 0 Å². The third-order valence-corrected chi connectivity index (χ3v) is 3.75. The van der Waals surface area contributed by atoms with Crippen LogP contribution in [0.25, 0.3) is 0 Å². The average molecular weight is 291 g/mol. The number of benzene rings is 1. The number of ether oxygens (including phenoxy) is 3. The van der Waals surface area contributed by atoms with Gasteiger partial charge in [-0.1, -0.05) is 6.07 Å². The fourth-order valence-electron chi connectivity index (χ4n) is 2.59. The molecule has 1 unspecified atom stereocenters. The molecule has 1 atom stereocenters. The van der Waals surface area contributed by atoms with Gasteiger partial charge in [-0.3, -0.25) is 4.79 Å². The highest BCUT2D eigenvalue weighted by atomic mass is 16.5. The van der Waals surface area contributed by atoms with Gasteiger partial charge in [0.25, 0.3) is 0 Å². The molecule has 0 bridgehead atoms. The van der Waals surface area contributed by atoms with Crippen molar-refractivity contribution in [3.8, 4) is 11.5 Å². The summed E-state index contributed by atoms with van der Waals surface area (Å²) >= 11 is 0. The number of amides is 1. The van der Waals surface area contributed by atoms with Gasteiger partial charge in [-0.05, 0) is 37.0 Å². The number of carbonyl (C=O) groups excluding carboxylic acids is 1. The maximum atomic E-state index is 11.8. The minimum Gasteiger partial charge on any atom is -0.490 e. The van der Waals surface area contributed by atoms with Crippen molar-refractivity contribution in [2.75, 3.05) is 26.4 Å². The highest BCUT2D eigenvalue weighted by molar-refractivity contribution is 5.80. The molecule has 1 saturated heterocycles. The highest BCUT2D eigenvalue weighted by Crippen LogP contribution is 2.30. The summed E-state index contributed by atoms with van der Waals surface area (Å²) in [6.07, 6.45) is 3.22. The molecule has 1 fully saturated rings. The monoisotopic (exact) mass is 291 g/mol. The first kappa shape index (κ1) is 14.2. The zero-order valence-corrected chi connectivity index (χ0v) is 12.1. The van der Waals surface area contributed by atoms with Gasteiger partial charge in [0.05, 0.1) is 13.2 Å². The fraction of sp³-hybridized carbons (Fsp3) is 0.562. The van der Waals surface area contributed by atoms with Crippen molar-refractivity contribution in [2.24, 2.45) is 0 Å². The molecule has 0 spiro atoms. The van der Waals surface area contributed by atoms with Crippen LogP contribution in [-0.4, -0.2) is 38.4 Å². The number of rotatable bonds is 4. The van der Waals surface area contributed by atoms with Gasteiger partial charge in [0.2, 0.25) is 5.91 Å². The summed E-state index contributed by atoms with van der Waals surface area (Å²) in [5.41, 5.74) is 1.13. The van der Waals surface area contributed by atoms with Crippen LogP contribution in [0.15, 0.2) is 18.2 Å². The Morgan fingerprint density at radius 3 is 2.81 bits per heavy atom. The Bertz CT molecular complexity index is 497. The van der Waals surface area contributed by atoms with Crippen LogP contribution in [0, 0.1) is 0 Å². The highest BCUT2D eigenvalue weighted by Gasteiger charge is 2.22. The van der Waals surface area contributed by atoms with Crippen molar-refractivity contribution in [1.29, 1.82) is 0 Å². The van der Waals surface area contributed by atoms with Gasteiger partial charge in [-0.15, -0.1) is 0 Å². The summed E-state index contributed by atoms with van der Waals surface area (Å²) in [6, 6.07) is 5.96. The first-order valence-corrected chi connectivity index (χ1v) is 7.61. The van der Waals surface area contributed by atoms with Crippen LogP contribution < -0.4 is 14.8 Å². The van der Waals surface area contributed by atoms with Gasteiger partial charge in [0.15, 0.2) is 11.5 Å². The zero-order valence-electron chi connectivity index (χ0n) is 12.1. The van der Waals surface area contributed by atoms with Crippen LogP contribution in [0.4, 0.5) is 0 Å². The molecule has 5 heteroatoms. The predicted molar refractivity (Wildman–Crippen MR) is 77.7 cm³/mol. The topological polar surface area (TPSA) is 56.8 Å². The van der Waals surface area contributed by atoms with E-state index in [9.17, 15) is 4.79 Å². The van der Waals surface area contributed by atoms with Gasteiger partial charge < -0.3 is 19.5 Å². The fourth-order valence-corrected chi connectivity index (χ4v) is 2.59. The van der Waals surface area contributed by atoms with E-state index in [-0.39, 0.29) is 12.0 Å². The second-order valence-corrected chi connectivity index (χ2v) is 5.37. The molecule has 0 saturated carbocycles. The van der Waals surface area contributed by atoms with E-state index in [4.69, 9.17) is 14.2 Å².